The Labute approximate surface area is 166 Å². The summed E-state index contributed by atoms with van der Waals surface area (Å²) in [7, 11) is 2.07. The molecule has 0 saturated heterocycles. The Kier molecular flexibility index (Phi) is 6.03. The summed E-state index contributed by atoms with van der Waals surface area (Å²) in [5.74, 6) is -0.698. The second-order valence-corrected chi connectivity index (χ2v) is 7.49. The van der Waals surface area contributed by atoms with E-state index in [1.807, 2.05) is 6.07 Å². The Morgan fingerprint density at radius 3 is 2.57 bits per heavy atom. The Morgan fingerprint density at radius 2 is 1.93 bits per heavy atom. The molecule has 1 aliphatic rings. The Balaban J connectivity index is 1.63. The first-order valence-corrected chi connectivity index (χ1v) is 9.49. The van der Waals surface area contributed by atoms with Crippen molar-refractivity contribution in [3.63, 3.8) is 0 Å². The highest BCUT2D eigenvalue weighted by Gasteiger charge is 2.18. The molecule has 0 saturated carbocycles. The van der Waals surface area contributed by atoms with Gasteiger partial charge in [-0.2, -0.15) is 5.26 Å². The molecule has 0 fully saturated rings. The lowest BCUT2D eigenvalue weighted by Gasteiger charge is -2.20. The number of thiazole rings is 1. The number of anilines is 3. The van der Waals surface area contributed by atoms with Crippen LogP contribution in [0.1, 0.15) is 17.5 Å². The van der Waals surface area contributed by atoms with E-state index < -0.39 is 5.91 Å². The number of rotatable bonds is 5. The summed E-state index contributed by atoms with van der Waals surface area (Å²) >= 11 is 1.53. The number of nitriles is 1. The zero-order valence-corrected chi connectivity index (χ0v) is 16.4. The fraction of sp³-hybridized carbons (Fsp3) is 0.263. The summed E-state index contributed by atoms with van der Waals surface area (Å²) in [5, 5.41) is 18.2. The predicted molar refractivity (Wildman–Crippen MR) is 109 cm³/mol. The molecule has 8 nitrogen and oxygen atoms in total. The summed E-state index contributed by atoms with van der Waals surface area (Å²) in [5.41, 5.74) is 2.16. The minimum Gasteiger partial charge on any atom is -0.337 e. The van der Waals surface area contributed by atoms with Crippen molar-refractivity contribution in [2.75, 3.05) is 29.5 Å². The molecule has 2 aromatic rings. The van der Waals surface area contributed by atoms with Crippen LogP contribution in [0.4, 0.5) is 16.5 Å². The maximum absolute atomic E-state index is 12.3. The van der Waals surface area contributed by atoms with Gasteiger partial charge in [-0.1, -0.05) is 0 Å². The number of aromatic nitrogens is 1. The highest BCUT2D eigenvalue weighted by Crippen LogP contribution is 2.27. The molecule has 0 radical (unpaired) electrons. The van der Waals surface area contributed by atoms with E-state index in [0.29, 0.717) is 16.5 Å². The molecule has 2 heterocycles. The van der Waals surface area contributed by atoms with E-state index in [1.54, 1.807) is 24.3 Å². The van der Waals surface area contributed by atoms with Gasteiger partial charge in [-0.05, 0) is 31.3 Å². The molecule has 0 spiro atoms. The highest BCUT2D eigenvalue weighted by molar-refractivity contribution is 7.15. The minimum atomic E-state index is -0.525. The zero-order valence-electron chi connectivity index (χ0n) is 15.6. The summed E-state index contributed by atoms with van der Waals surface area (Å²) in [6, 6.07) is 8.53. The molecule has 3 N–H and O–H groups in total. The van der Waals surface area contributed by atoms with Crippen molar-refractivity contribution < 1.29 is 9.59 Å². The van der Waals surface area contributed by atoms with Gasteiger partial charge in [0.05, 0.1) is 5.69 Å². The van der Waals surface area contributed by atoms with Crippen LogP contribution < -0.4 is 16.0 Å². The van der Waals surface area contributed by atoms with Crippen LogP contribution in [0, 0.1) is 11.3 Å². The van der Waals surface area contributed by atoms with E-state index in [-0.39, 0.29) is 11.5 Å². The van der Waals surface area contributed by atoms with E-state index in [9.17, 15) is 14.9 Å². The van der Waals surface area contributed by atoms with Gasteiger partial charge in [-0.25, -0.2) is 4.98 Å². The monoisotopic (exact) mass is 396 g/mol. The molecular weight excluding hydrogens is 376 g/mol. The predicted octanol–water partition coefficient (Wildman–Crippen LogP) is 2.55. The van der Waals surface area contributed by atoms with Gasteiger partial charge in [0, 0.05) is 48.9 Å². The van der Waals surface area contributed by atoms with E-state index in [2.05, 4.69) is 32.9 Å². The van der Waals surface area contributed by atoms with Crippen molar-refractivity contribution in [2.45, 2.75) is 19.9 Å². The van der Waals surface area contributed by atoms with Crippen LogP contribution in [-0.4, -0.2) is 35.3 Å². The molecule has 28 heavy (non-hydrogen) atoms. The molecule has 1 aromatic carbocycles. The number of hydrogen-bond acceptors (Lipinski definition) is 7. The molecule has 0 atom stereocenters. The van der Waals surface area contributed by atoms with Gasteiger partial charge < -0.3 is 20.9 Å². The first-order valence-electron chi connectivity index (χ1n) is 8.67. The van der Waals surface area contributed by atoms with Crippen LogP contribution in [-0.2, 0) is 22.6 Å². The molecule has 1 aliphatic heterocycles. The fourth-order valence-corrected chi connectivity index (χ4v) is 3.76. The lowest BCUT2D eigenvalue weighted by Crippen LogP contribution is -2.25. The number of benzene rings is 1. The summed E-state index contributed by atoms with van der Waals surface area (Å²) in [6.07, 6.45) is 2.27. The Morgan fingerprint density at radius 1 is 1.25 bits per heavy atom. The van der Waals surface area contributed by atoms with E-state index in [1.165, 1.54) is 29.3 Å². The third-order valence-corrected chi connectivity index (χ3v) is 5.10. The molecule has 1 aromatic heterocycles. The number of amides is 2. The van der Waals surface area contributed by atoms with Crippen molar-refractivity contribution in [1.82, 2.24) is 9.88 Å². The Bertz CT molecular complexity index is 958. The molecule has 9 heteroatoms. The average molecular weight is 396 g/mol. The van der Waals surface area contributed by atoms with Crippen LogP contribution in [0.15, 0.2) is 36.0 Å². The molecule has 0 bridgehead atoms. The highest BCUT2D eigenvalue weighted by atomic mass is 32.1. The third-order valence-electron chi connectivity index (χ3n) is 4.09. The van der Waals surface area contributed by atoms with E-state index in [4.69, 9.17) is 0 Å². The van der Waals surface area contributed by atoms with Crippen LogP contribution >= 0.6 is 11.3 Å². The number of likely N-dealkylation sites (N-methyl/N-ethyl adjacent to an activating group) is 1. The SMILES string of the molecule is CC(=O)Nc1ccc(NC(=O)/C(C#N)=C\Nc2nc3c(s2)CN(C)CC3)cc1. The van der Waals surface area contributed by atoms with Gasteiger partial charge in [0.15, 0.2) is 5.13 Å². The zero-order chi connectivity index (χ0) is 20.1. The molecule has 0 aliphatic carbocycles. The molecule has 144 valence electrons. The Hall–Kier alpha value is -3.22. The largest absolute Gasteiger partial charge is 0.337 e. The second kappa shape index (κ2) is 8.65. The molecule has 3 rings (SSSR count). The third kappa shape index (κ3) is 4.94. The van der Waals surface area contributed by atoms with Crippen molar-refractivity contribution in [2.24, 2.45) is 0 Å². The lowest BCUT2D eigenvalue weighted by atomic mass is 10.2. The van der Waals surface area contributed by atoms with E-state index >= 15 is 0 Å². The quantitative estimate of drug-likeness (QED) is 0.529. The van der Waals surface area contributed by atoms with Gasteiger partial charge in [-0.15, -0.1) is 11.3 Å². The number of nitrogens with zero attached hydrogens (tertiary/aromatic N) is 3. The van der Waals surface area contributed by atoms with Gasteiger partial charge >= 0.3 is 0 Å². The van der Waals surface area contributed by atoms with Crippen molar-refractivity contribution in [3.05, 3.63) is 46.6 Å². The normalized spacial score (nSPS) is 14.0. The maximum atomic E-state index is 12.3. The maximum Gasteiger partial charge on any atom is 0.267 e. The standard InChI is InChI=1S/C19H20N6O2S/c1-12(26)22-14-3-5-15(6-4-14)23-18(27)13(9-20)10-21-19-24-16-7-8-25(2)11-17(16)28-19/h3-6,10H,7-8,11H2,1-2H3,(H,21,24)(H,22,26)(H,23,27)/b13-10-. The summed E-state index contributed by atoms with van der Waals surface area (Å²) in [4.78, 5) is 31.3. The summed E-state index contributed by atoms with van der Waals surface area (Å²) in [6.45, 7) is 3.25. The van der Waals surface area contributed by atoms with Crippen LogP contribution in [0.3, 0.4) is 0 Å². The lowest BCUT2D eigenvalue weighted by molar-refractivity contribution is -0.114. The number of carbonyl (C=O) groups is 2. The number of nitrogens with one attached hydrogen (secondary N) is 3. The minimum absolute atomic E-state index is 0.0590. The molecular formula is C19H20N6O2S. The fourth-order valence-electron chi connectivity index (χ4n) is 2.71. The first kappa shape index (κ1) is 19.5. The number of fused-ring (bicyclic) bond motifs is 1. The van der Waals surface area contributed by atoms with Gasteiger partial charge in [0.2, 0.25) is 5.91 Å². The number of hydrogen-bond donors (Lipinski definition) is 3. The second-order valence-electron chi connectivity index (χ2n) is 6.40. The van der Waals surface area contributed by atoms with E-state index in [0.717, 1.165) is 25.2 Å². The van der Waals surface area contributed by atoms with Crippen LogP contribution in [0.25, 0.3) is 0 Å². The summed E-state index contributed by atoms with van der Waals surface area (Å²) < 4.78 is 0. The van der Waals surface area contributed by atoms with Gasteiger partial charge in [-0.3, -0.25) is 9.59 Å². The molecule has 0 unspecified atom stereocenters. The van der Waals surface area contributed by atoms with Crippen molar-refractivity contribution >= 4 is 39.7 Å². The van der Waals surface area contributed by atoms with Crippen molar-refractivity contribution in [1.29, 1.82) is 5.26 Å². The first-order chi connectivity index (χ1) is 13.4. The topological polar surface area (TPSA) is 110 Å². The number of carbonyl (C=O) groups excluding carboxylic acids is 2. The smallest absolute Gasteiger partial charge is 0.267 e. The van der Waals surface area contributed by atoms with Crippen LogP contribution in [0.2, 0.25) is 0 Å². The van der Waals surface area contributed by atoms with Gasteiger partial charge in [0.1, 0.15) is 11.6 Å². The average Bonchev–Trinajstić information content (AvgIpc) is 3.05. The van der Waals surface area contributed by atoms with Gasteiger partial charge in [0.25, 0.3) is 5.91 Å². The van der Waals surface area contributed by atoms with Crippen molar-refractivity contribution in [3.8, 4) is 6.07 Å². The van der Waals surface area contributed by atoms with Crippen LogP contribution in [0.5, 0.6) is 0 Å². The molecule has 2 amide bonds.